The molecule has 0 aliphatic rings. The van der Waals surface area contributed by atoms with Gasteiger partial charge in [-0.3, -0.25) is 0 Å². The largest absolute Gasteiger partial charge is 0.479 e. The van der Waals surface area contributed by atoms with E-state index in [9.17, 15) is 0 Å². The Hall–Kier alpha value is -1.73. The molecule has 1 rings (SSSR count). The first-order valence-corrected chi connectivity index (χ1v) is 5.54. The highest BCUT2D eigenvalue weighted by Gasteiger charge is 2.12. The molecule has 1 N–H and O–H groups in total. The number of hydrogen-bond acceptors (Lipinski definition) is 7. The summed E-state index contributed by atoms with van der Waals surface area (Å²) in [6, 6.07) is 0. The fraction of sp³-hybridized carbons (Fsp3) is 0.545. The molecule has 1 aromatic rings. The molecule has 0 radical (unpaired) electrons. The molecular weight excluding hydrogens is 236 g/mol. The Kier molecular flexibility index (Phi) is 6.03. The van der Waals surface area contributed by atoms with Crippen LogP contribution in [0.1, 0.15) is 13.8 Å². The number of hydrogen-bond donors (Lipinski definition) is 1. The van der Waals surface area contributed by atoms with Gasteiger partial charge in [0.15, 0.2) is 5.69 Å². The summed E-state index contributed by atoms with van der Waals surface area (Å²) in [7, 11) is 3.04. The zero-order chi connectivity index (χ0) is 13.4. The number of hydroxylamine groups is 1. The second-order valence-corrected chi connectivity index (χ2v) is 3.34. The predicted molar refractivity (Wildman–Crippen MR) is 67.5 cm³/mol. The molecule has 0 spiro atoms. The van der Waals surface area contributed by atoms with E-state index in [0.717, 1.165) is 5.71 Å². The summed E-state index contributed by atoms with van der Waals surface area (Å²) in [5, 5.41) is 0. The molecule has 0 saturated carbocycles. The zero-order valence-corrected chi connectivity index (χ0v) is 11.1. The zero-order valence-electron chi connectivity index (χ0n) is 11.1. The molecule has 1 heterocycles. The molecule has 0 unspecified atom stereocenters. The standard InChI is InChI=1S/C11H18N4O3/c1-5-18-14-6-8(2)15-9-10(16-3)12-7-13-11(9)17-4/h7,14H,5-6H2,1-4H3. The van der Waals surface area contributed by atoms with E-state index in [1.807, 2.05) is 13.8 Å². The van der Waals surface area contributed by atoms with Crippen molar-refractivity contribution >= 4 is 11.4 Å². The first kappa shape index (κ1) is 14.3. The minimum Gasteiger partial charge on any atom is -0.479 e. The highest BCUT2D eigenvalue weighted by Crippen LogP contribution is 2.32. The topological polar surface area (TPSA) is 77.9 Å². The lowest BCUT2D eigenvalue weighted by Crippen LogP contribution is -2.21. The Balaban J connectivity index is 2.89. The van der Waals surface area contributed by atoms with Crippen molar-refractivity contribution in [1.82, 2.24) is 15.4 Å². The minimum absolute atomic E-state index is 0.373. The quantitative estimate of drug-likeness (QED) is 0.446. The van der Waals surface area contributed by atoms with Crippen molar-refractivity contribution in [1.29, 1.82) is 0 Å². The van der Waals surface area contributed by atoms with Crippen LogP contribution in [0.4, 0.5) is 5.69 Å². The highest BCUT2D eigenvalue weighted by molar-refractivity contribution is 5.87. The van der Waals surface area contributed by atoms with Gasteiger partial charge in [0.2, 0.25) is 11.8 Å². The third-order valence-corrected chi connectivity index (χ3v) is 2.02. The van der Waals surface area contributed by atoms with Gasteiger partial charge >= 0.3 is 0 Å². The molecular formula is C11H18N4O3. The normalized spacial score (nSPS) is 11.4. The molecule has 1 aromatic heterocycles. The number of nitrogens with zero attached hydrogens (tertiary/aromatic N) is 3. The van der Waals surface area contributed by atoms with Gasteiger partial charge in [0, 0.05) is 5.71 Å². The van der Waals surface area contributed by atoms with Crippen LogP contribution in [0.25, 0.3) is 0 Å². The number of aliphatic imine (C=N–C) groups is 1. The van der Waals surface area contributed by atoms with Crippen LogP contribution in [0.5, 0.6) is 11.8 Å². The van der Waals surface area contributed by atoms with E-state index in [0.29, 0.717) is 30.6 Å². The first-order chi connectivity index (χ1) is 8.72. The van der Waals surface area contributed by atoms with Crippen molar-refractivity contribution in [2.45, 2.75) is 13.8 Å². The van der Waals surface area contributed by atoms with E-state index in [1.165, 1.54) is 20.5 Å². The van der Waals surface area contributed by atoms with Gasteiger partial charge in [-0.2, -0.15) is 15.4 Å². The average Bonchev–Trinajstić information content (AvgIpc) is 2.39. The molecule has 0 aromatic carbocycles. The van der Waals surface area contributed by atoms with E-state index in [-0.39, 0.29) is 0 Å². The van der Waals surface area contributed by atoms with Crippen LogP contribution in [0.3, 0.4) is 0 Å². The number of methoxy groups -OCH3 is 2. The Morgan fingerprint density at radius 1 is 1.28 bits per heavy atom. The van der Waals surface area contributed by atoms with E-state index in [2.05, 4.69) is 20.4 Å². The monoisotopic (exact) mass is 254 g/mol. The molecule has 7 heteroatoms. The third-order valence-electron chi connectivity index (χ3n) is 2.02. The van der Waals surface area contributed by atoms with Crippen molar-refractivity contribution in [2.24, 2.45) is 4.99 Å². The maximum absolute atomic E-state index is 5.12. The molecule has 18 heavy (non-hydrogen) atoms. The first-order valence-electron chi connectivity index (χ1n) is 5.54. The van der Waals surface area contributed by atoms with Crippen LogP contribution in [0.15, 0.2) is 11.3 Å². The lowest BCUT2D eigenvalue weighted by molar-refractivity contribution is 0.0613. The van der Waals surface area contributed by atoms with E-state index >= 15 is 0 Å². The second kappa shape index (κ2) is 7.57. The summed E-state index contributed by atoms with van der Waals surface area (Å²) in [6.07, 6.45) is 1.37. The van der Waals surface area contributed by atoms with Crippen LogP contribution < -0.4 is 15.0 Å². The Bertz CT molecular complexity index is 387. The summed E-state index contributed by atoms with van der Waals surface area (Å²) in [6.45, 7) is 4.85. The third kappa shape index (κ3) is 3.94. The molecule has 0 aliphatic carbocycles. The average molecular weight is 254 g/mol. The van der Waals surface area contributed by atoms with Crippen LogP contribution in [-0.2, 0) is 4.84 Å². The number of ether oxygens (including phenoxy) is 2. The molecule has 0 bridgehead atoms. The van der Waals surface area contributed by atoms with E-state index in [1.54, 1.807) is 0 Å². The smallest absolute Gasteiger partial charge is 0.246 e. The number of rotatable bonds is 7. The Labute approximate surface area is 106 Å². The maximum Gasteiger partial charge on any atom is 0.246 e. The van der Waals surface area contributed by atoms with Crippen molar-refractivity contribution in [3.05, 3.63) is 6.33 Å². The number of nitrogens with one attached hydrogen (secondary N) is 1. The molecule has 100 valence electrons. The predicted octanol–water partition coefficient (Wildman–Crippen LogP) is 1.13. The van der Waals surface area contributed by atoms with Crippen molar-refractivity contribution in [3.63, 3.8) is 0 Å². The van der Waals surface area contributed by atoms with Gasteiger partial charge in [-0.15, -0.1) is 0 Å². The summed E-state index contributed by atoms with van der Waals surface area (Å²) in [5.74, 6) is 0.746. The van der Waals surface area contributed by atoms with Gasteiger partial charge in [0.1, 0.15) is 6.33 Å². The molecule has 0 amide bonds. The summed E-state index contributed by atoms with van der Waals surface area (Å²) in [4.78, 5) is 17.4. The molecule has 0 atom stereocenters. The summed E-state index contributed by atoms with van der Waals surface area (Å²) in [5.41, 5.74) is 4.05. The van der Waals surface area contributed by atoms with Gasteiger partial charge in [-0.05, 0) is 13.8 Å². The van der Waals surface area contributed by atoms with Gasteiger partial charge < -0.3 is 14.3 Å². The van der Waals surface area contributed by atoms with Gasteiger partial charge in [0.05, 0.1) is 27.4 Å². The Morgan fingerprint density at radius 3 is 2.39 bits per heavy atom. The lowest BCUT2D eigenvalue weighted by atomic mass is 10.4. The van der Waals surface area contributed by atoms with Crippen LogP contribution in [0, 0.1) is 0 Å². The van der Waals surface area contributed by atoms with Gasteiger partial charge in [-0.1, -0.05) is 0 Å². The molecule has 7 nitrogen and oxygen atoms in total. The molecule has 0 saturated heterocycles. The van der Waals surface area contributed by atoms with Gasteiger partial charge in [-0.25, -0.2) is 4.99 Å². The lowest BCUT2D eigenvalue weighted by Gasteiger charge is -2.08. The summed E-state index contributed by atoms with van der Waals surface area (Å²) >= 11 is 0. The fourth-order valence-electron chi connectivity index (χ4n) is 1.23. The highest BCUT2D eigenvalue weighted by atomic mass is 16.6. The van der Waals surface area contributed by atoms with E-state index < -0.39 is 0 Å². The van der Waals surface area contributed by atoms with Crippen LogP contribution in [0.2, 0.25) is 0 Å². The SMILES string of the molecule is CCONCC(C)=Nc1c(OC)ncnc1OC. The number of aromatic nitrogens is 2. The summed E-state index contributed by atoms with van der Waals surface area (Å²) < 4.78 is 10.2. The van der Waals surface area contributed by atoms with Crippen molar-refractivity contribution < 1.29 is 14.3 Å². The molecule has 0 fully saturated rings. The maximum atomic E-state index is 5.12. The van der Waals surface area contributed by atoms with Crippen LogP contribution >= 0.6 is 0 Å². The van der Waals surface area contributed by atoms with Crippen molar-refractivity contribution in [2.75, 3.05) is 27.4 Å². The molecule has 0 aliphatic heterocycles. The van der Waals surface area contributed by atoms with E-state index in [4.69, 9.17) is 14.3 Å². The fourth-order valence-corrected chi connectivity index (χ4v) is 1.23. The van der Waals surface area contributed by atoms with Crippen molar-refractivity contribution in [3.8, 4) is 11.8 Å². The van der Waals surface area contributed by atoms with Crippen LogP contribution in [-0.4, -0.2) is 43.1 Å². The Morgan fingerprint density at radius 2 is 1.89 bits per heavy atom. The van der Waals surface area contributed by atoms with Gasteiger partial charge in [0.25, 0.3) is 0 Å². The minimum atomic E-state index is 0.373. The second-order valence-electron chi connectivity index (χ2n) is 3.34.